The molecule has 0 aliphatic carbocycles. The Kier molecular flexibility index (Phi) is 18.1. The van der Waals surface area contributed by atoms with Crippen molar-refractivity contribution in [2.75, 3.05) is 24.2 Å². The molecule has 6 rings (SSSR count). The Labute approximate surface area is 382 Å². The average molecular weight is 953 g/mol. The van der Waals surface area contributed by atoms with E-state index in [9.17, 15) is 18.7 Å². The molecule has 0 radical (unpaired) electrons. The molecule has 0 amide bonds. The van der Waals surface area contributed by atoms with Crippen LogP contribution in [0.4, 0.5) is 11.6 Å². The molecule has 6 aromatic rings. The second-order valence-electron chi connectivity index (χ2n) is 15.7. The van der Waals surface area contributed by atoms with Gasteiger partial charge in [-0.1, -0.05) is 36.4 Å². The number of imidazole rings is 2. The fraction of sp³-hybridized carbons (Fsp3) is 0.429. The number of hydrogen-bond donors (Lipinski definition) is 4. The van der Waals surface area contributed by atoms with Crippen molar-refractivity contribution in [2.45, 2.75) is 105 Å². The number of hydrogen-bond acceptors (Lipinski definition) is 18. The van der Waals surface area contributed by atoms with Gasteiger partial charge >= 0.3 is 27.0 Å². The highest BCUT2D eigenvalue weighted by Gasteiger charge is 2.33. The fourth-order valence-electron chi connectivity index (χ4n) is 6.02. The monoisotopic (exact) mass is 952 g/mol. The van der Waals surface area contributed by atoms with E-state index in [0.29, 0.717) is 58.6 Å². The van der Waals surface area contributed by atoms with E-state index in [4.69, 9.17) is 39.5 Å². The first kappa shape index (κ1) is 51.0. The third kappa shape index (κ3) is 15.0. The number of esters is 2. The van der Waals surface area contributed by atoms with E-state index in [1.165, 1.54) is 12.7 Å². The number of carbonyl (C=O) groups is 2. The first-order chi connectivity index (χ1) is 31.3. The standard InChI is InChI=1S/2C21H29N6O5P/c2*1-14(2)31-21(28)16(4)26-33(29,32-17-8-6-5-7-9-17)13-30-15(3)10-27-12-25-18-19(22)23-11-24-20(18)27/h2*5-9,11-12,14-16H,10,13H2,1-4H3,(H,26,29)(H2,22,23,24)/t2*15-,16+,33+/m11/s1. The van der Waals surface area contributed by atoms with Crippen molar-refractivity contribution in [2.24, 2.45) is 0 Å². The molecule has 0 unspecified atom stereocenters. The van der Waals surface area contributed by atoms with Gasteiger partial charge in [0.25, 0.3) is 0 Å². The number of nitrogens with two attached hydrogens (primary N) is 2. The van der Waals surface area contributed by atoms with Crippen LogP contribution in [0.15, 0.2) is 86.0 Å². The maximum atomic E-state index is 13.6. The number of nitrogen functional groups attached to an aromatic ring is 2. The number of nitrogens with zero attached hydrogens (tertiary/aromatic N) is 8. The molecule has 356 valence electrons. The van der Waals surface area contributed by atoms with E-state index in [2.05, 4.69) is 40.1 Å². The summed E-state index contributed by atoms with van der Waals surface area (Å²) < 4.78 is 64.4. The van der Waals surface area contributed by atoms with Gasteiger partial charge in [0.1, 0.15) is 60.0 Å². The molecule has 0 saturated heterocycles. The van der Waals surface area contributed by atoms with Gasteiger partial charge in [0.05, 0.1) is 50.2 Å². The van der Waals surface area contributed by atoms with Crippen molar-refractivity contribution in [1.82, 2.24) is 49.2 Å². The normalized spacial score (nSPS) is 15.2. The molecule has 0 fully saturated rings. The van der Waals surface area contributed by atoms with E-state index in [1.807, 2.05) is 26.0 Å². The summed E-state index contributed by atoms with van der Waals surface area (Å²) in [6.07, 6.45) is 4.02. The molecule has 0 aliphatic heterocycles. The van der Waals surface area contributed by atoms with Crippen LogP contribution in [0.1, 0.15) is 55.4 Å². The van der Waals surface area contributed by atoms with Gasteiger partial charge in [-0.3, -0.25) is 18.7 Å². The smallest absolute Gasteiger partial charge is 0.342 e. The van der Waals surface area contributed by atoms with E-state index in [0.717, 1.165) is 0 Å². The Hall–Kier alpha value is -6.02. The molecule has 0 saturated carbocycles. The Morgan fingerprint density at radius 3 is 1.29 bits per heavy atom. The summed E-state index contributed by atoms with van der Waals surface area (Å²) in [5.74, 6) is 0.303. The van der Waals surface area contributed by atoms with Crippen molar-refractivity contribution in [1.29, 1.82) is 0 Å². The predicted octanol–water partition coefficient (Wildman–Crippen LogP) is 5.95. The summed E-state index contributed by atoms with van der Waals surface area (Å²) in [5, 5.41) is 5.55. The maximum absolute atomic E-state index is 13.6. The molecule has 24 heteroatoms. The number of para-hydroxylation sites is 2. The van der Waals surface area contributed by atoms with Gasteiger partial charge in [-0.05, 0) is 79.7 Å². The van der Waals surface area contributed by atoms with Crippen LogP contribution in [0.5, 0.6) is 11.5 Å². The second-order valence-corrected chi connectivity index (χ2v) is 19.8. The molecule has 22 nitrogen and oxygen atoms in total. The van der Waals surface area contributed by atoms with E-state index in [1.54, 1.807) is 112 Å². The molecule has 66 heavy (non-hydrogen) atoms. The van der Waals surface area contributed by atoms with Crippen LogP contribution in [-0.4, -0.2) is 100 Å². The fourth-order valence-corrected chi connectivity index (χ4v) is 9.60. The molecule has 0 spiro atoms. The number of aromatic nitrogens is 8. The zero-order valence-corrected chi connectivity index (χ0v) is 39.9. The van der Waals surface area contributed by atoms with Gasteiger partial charge in [0.15, 0.2) is 22.9 Å². The highest BCUT2D eigenvalue weighted by atomic mass is 31.2. The zero-order valence-electron chi connectivity index (χ0n) is 38.1. The Morgan fingerprint density at radius 2 is 0.939 bits per heavy atom. The predicted molar refractivity (Wildman–Crippen MR) is 247 cm³/mol. The molecule has 4 heterocycles. The number of fused-ring (bicyclic) bond motifs is 2. The summed E-state index contributed by atoms with van der Waals surface area (Å²) in [6.45, 7) is 14.5. The molecule has 0 bridgehead atoms. The lowest BCUT2D eigenvalue weighted by Crippen LogP contribution is -2.37. The lowest BCUT2D eigenvalue weighted by Gasteiger charge is -2.25. The molecule has 4 aromatic heterocycles. The Morgan fingerprint density at radius 1 is 0.576 bits per heavy atom. The van der Waals surface area contributed by atoms with Crippen molar-refractivity contribution in [3.05, 3.63) is 86.0 Å². The van der Waals surface area contributed by atoms with Gasteiger partial charge < -0.3 is 48.6 Å². The quantitative estimate of drug-likeness (QED) is 0.0452. The largest absolute Gasteiger partial charge is 0.462 e. The highest BCUT2D eigenvalue weighted by molar-refractivity contribution is 7.57. The van der Waals surface area contributed by atoms with Crippen molar-refractivity contribution < 1.29 is 46.7 Å². The molecule has 2 aromatic carbocycles. The maximum Gasteiger partial charge on any atom is 0.342 e. The van der Waals surface area contributed by atoms with Crippen LogP contribution in [0.2, 0.25) is 0 Å². The molecular weight excluding hydrogens is 894 g/mol. The van der Waals surface area contributed by atoms with Crippen molar-refractivity contribution in [3.63, 3.8) is 0 Å². The molecule has 6 atom stereocenters. The van der Waals surface area contributed by atoms with Crippen LogP contribution in [0.25, 0.3) is 22.3 Å². The third-order valence-corrected chi connectivity index (χ3v) is 12.6. The highest BCUT2D eigenvalue weighted by Crippen LogP contribution is 2.45. The van der Waals surface area contributed by atoms with Crippen LogP contribution < -0.4 is 30.7 Å². The van der Waals surface area contributed by atoms with Crippen molar-refractivity contribution >= 4 is 60.9 Å². The number of anilines is 2. The third-order valence-electron chi connectivity index (χ3n) is 9.01. The number of benzene rings is 2. The minimum atomic E-state index is -3.64. The minimum absolute atomic E-state index is 0.272. The Balaban J connectivity index is 0.000000247. The second kappa shape index (κ2) is 23.4. The lowest BCUT2D eigenvalue weighted by molar-refractivity contribution is -0.149. The summed E-state index contributed by atoms with van der Waals surface area (Å²) in [4.78, 5) is 49.2. The summed E-state index contributed by atoms with van der Waals surface area (Å²) in [7, 11) is -7.28. The SMILES string of the molecule is CC(C)OC(=O)[C@H](C)N[P@](=O)(CO[C@H](C)Cn1cnc2c(N)ncnc21)Oc1ccccc1.CC(C)OC(=O)[C@H](C)N[P@](=O)(CO[C@H](C)Cn1cnc2c(N)ncnc21)Oc1ccccc1. The van der Waals surface area contributed by atoms with Gasteiger partial charge in [0.2, 0.25) is 0 Å². The lowest BCUT2D eigenvalue weighted by atomic mass is 10.3. The summed E-state index contributed by atoms with van der Waals surface area (Å²) in [6, 6.07) is 15.7. The van der Waals surface area contributed by atoms with E-state index < -0.39 is 39.1 Å². The molecule has 0 aliphatic rings. The average Bonchev–Trinajstić information content (AvgIpc) is 3.88. The number of rotatable bonds is 22. The van der Waals surface area contributed by atoms with Gasteiger partial charge in [-0.25, -0.2) is 40.1 Å². The van der Waals surface area contributed by atoms with Crippen LogP contribution in [-0.2, 0) is 50.8 Å². The van der Waals surface area contributed by atoms with E-state index in [-0.39, 0.29) is 37.1 Å². The van der Waals surface area contributed by atoms with Gasteiger partial charge in [-0.15, -0.1) is 0 Å². The van der Waals surface area contributed by atoms with E-state index >= 15 is 0 Å². The number of carbonyl (C=O) groups excluding carboxylic acids is 2. The van der Waals surface area contributed by atoms with Gasteiger partial charge in [0, 0.05) is 0 Å². The Bertz CT molecular complexity index is 2420. The summed E-state index contributed by atoms with van der Waals surface area (Å²) in [5.41, 5.74) is 13.8. The molecular formula is C42H58N12O10P2. The zero-order chi connectivity index (χ0) is 48.0. The van der Waals surface area contributed by atoms with Crippen molar-refractivity contribution in [3.8, 4) is 11.5 Å². The molecule has 6 N–H and O–H groups in total. The van der Waals surface area contributed by atoms with Crippen LogP contribution in [0, 0.1) is 0 Å². The van der Waals surface area contributed by atoms with Gasteiger partial charge in [-0.2, -0.15) is 0 Å². The topological polar surface area (TPSA) is 287 Å². The summed E-state index contributed by atoms with van der Waals surface area (Å²) >= 11 is 0. The first-order valence-corrected chi connectivity index (χ1v) is 24.7. The first-order valence-electron chi connectivity index (χ1n) is 21.0. The minimum Gasteiger partial charge on any atom is -0.462 e. The number of nitrogens with one attached hydrogen (secondary N) is 2. The number of ether oxygens (including phenoxy) is 4. The van der Waals surface area contributed by atoms with Crippen LogP contribution >= 0.6 is 15.0 Å². The van der Waals surface area contributed by atoms with Crippen LogP contribution in [0.3, 0.4) is 0 Å².